The first-order valence-corrected chi connectivity index (χ1v) is 9.24. The van der Waals surface area contributed by atoms with Gasteiger partial charge in [-0.3, -0.25) is 9.59 Å². The van der Waals surface area contributed by atoms with E-state index in [2.05, 4.69) is 6.92 Å². The Kier molecular flexibility index (Phi) is 6.18. The Morgan fingerprint density at radius 2 is 1.77 bits per heavy atom. The van der Waals surface area contributed by atoms with Crippen molar-refractivity contribution in [3.63, 3.8) is 0 Å². The number of ether oxygens (including phenoxy) is 1. The van der Waals surface area contributed by atoms with Crippen molar-refractivity contribution in [3.8, 4) is 0 Å². The molecule has 4 nitrogen and oxygen atoms in total. The maximum atomic E-state index is 12.5. The molecule has 1 heterocycles. The molecule has 1 unspecified atom stereocenters. The van der Waals surface area contributed by atoms with E-state index in [4.69, 9.17) is 4.74 Å². The second-order valence-electron chi connectivity index (χ2n) is 6.58. The summed E-state index contributed by atoms with van der Waals surface area (Å²) in [6, 6.07) is 17.6. The predicted molar refractivity (Wildman–Crippen MR) is 101 cm³/mol. The zero-order valence-corrected chi connectivity index (χ0v) is 15.2. The molecular formula is C22H25NO3. The van der Waals surface area contributed by atoms with Gasteiger partial charge >= 0.3 is 0 Å². The molecule has 0 bridgehead atoms. The molecule has 1 amide bonds. The van der Waals surface area contributed by atoms with E-state index >= 15 is 0 Å². The van der Waals surface area contributed by atoms with Crippen molar-refractivity contribution in [2.24, 2.45) is 0 Å². The van der Waals surface area contributed by atoms with E-state index in [-0.39, 0.29) is 30.6 Å². The summed E-state index contributed by atoms with van der Waals surface area (Å²) in [6.45, 7) is 3.74. The van der Waals surface area contributed by atoms with Crippen molar-refractivity contribution >= 4 is 11.7 Å². The van der Waals surface area contributed by atoms with Crippen LogP contribution in [0.2, 0.25) is 0 Å². The fraction of sp³-hybridized carbons (Fsp3) is 0.364. The highest BCUT2D eigenvalue weighted by atomic mass is 16.5. The summed E-state index contributed by atoms with van der Waals surface area (Å²) in [5.74, 6) is 0.0432. The molecule has 0 N–H and O–H groups in total. The number of Topliss-reactive ketones (excluding diaryl/α,β-unsaturated/α-hetero) is 1. The smallest absolute Gasteiger partial charge is 0.223 e. The standard InChI is InChI=1S/C22H25NO3/c1-2-17-8-10-18(11-9-17)20(24)12-13-22(25)23-14-15-26-21(16-23)19-6-4-3-5-7-19/h3-11,21H,2,12-16H2,1H3. The topological polar surface area (TPSA) is 46.6 Å². The van der Waals surface area contributed by atoms with Crippen LogP contribution >= 0.6 is 0 Å². The molecular weight excluding hydrogens is 326 g/mol. The number of rotatable bonds is 6. The molecule has 1 aliphatic heterocycles. The predicted octanol–water partition coefficient (Wildman–Crippen LogP) is 3.81. The van der Waals surface area contributed by atoms with E-state index in [0.29, 0.717) is 25.3 Å². The van der Waals surface area contributed by atoms with Crippen LogP contribution in [0.5, 0.6) is 0 Å². The van der Waals surface area contributed by atoms with Crippen LogP contribution in [0.3, 0.4) is 0 Å². The summed E-state index contributed by atoms with van der Waals surface area (Å²) >= 11 is 0. The van der Waals surface area contributed by atoms with Crippen LogP contribution in [0.15, 0.2) is 54.6 Å². The maximum absolute atomic E-state index is 12.5. The van der Waals surface area contributed by atoms with Crippen molar-refractivity contribution in [2.75, 3.05) is 19.7 Å². The molecule has 3 rings (SSSR count). The Bertz CT molecular complexity index is 740. The first kappa shape index (κ1) is 18.3. The van der Waals surface area contributed by atoms with Gasteiger partial charge in [0.25, 0.3) is 0 Å². The van der Waals surface area contributed by atoms with E-state index in [0.717, 1.165) is 12.0 Å². The molecule has 0 saturated carbocycles. The summed E-state index contributed by atoms with van der Waals surface area (Å²) in [4.78, 5) is 26.7. The number of benzene rings is 2. The van der Waals surface area contributed by atoms with Gasteiger partial charge in [0.1, 0.15) is 6.10 Å². The summed E-state index contributed by atoms with van der Waals surface area (Å²) in [5.41, 5.74) is 2.97. The first-order chi connectivity index (χ1) is 12.7. The molecule has 0 aromatic heterocycles. The van der Waals surface area contributed by atoms with Crippen molar-refractivity contribution in [1.29, 1.82) is 0 Å². The van der Waals surface area contributed by atoms with Gasteiger partial charge in [0, 0.05) is 24.9 Å². The molecule has 26 heavy (non-hydrogen) atoms. The zero-order valence-electron chi connectivity index (χ0n) is 15.2. The number of nitrogens with zero attached hydrogens (tertiary/aromatic N) is 1. The highest BCUT2D eigenvalue weighted by molar-refractivity contribution is 5.98. The SMILES string of the molecule is CCc1ccc(C(=O)CCC(=O)N2CCOC(c3ccccc3)C2)cc1. The number of aryl methyl sites for hydroxylation is 1. The lowest BCUT2D eigenvalue weighted by atomic mass is 10.0. The van der Waals surface area contributed by atoms with Crippen LogP contribution in [0.25, 0.3) is 0 Å². The van der Waals surface area contributed by atoms with Crippen LogP contribution < -0.4 is 0 Å². The Morgan fingerprint density at radius 1 is 1.04 bits per heavy atom. The lowest BCUT2D eigenvalue weighted by molar-refractivity contribution is -0.139. The number of carbonyl (C=O) groups excluding carboxylic acids is 2. The van der Waals surface area contributed by atoms with Gasteiger partial charge in [0.2, 0.25) is 5.91 Å². The molecule has 2 aromatic rings. The van der Waals surface area contributed by atoms with Gasteiger partial charge in [0.15, 0.2) is 5.78 Å². The van der Waals surface area contributed by atoms with E-state index in [1.54, 1.807) is 0 Å². The molecule has 0 radical (unpaired) electrons. The van der Waals surface area contributed by atoms with Crippen LogP contribution in [-0.2, 0) is 16.0 Å². The third kappa shape index (κ3) is 4.58. The van der Waals surface area contributed by atoms with E-state index in [1.807, 2.05) is 59.5 Å². The summed E-state index contributed by atoms with van der Waals surface area (Å²) in [7, 11) is 0. The van der Waals surface area contributed by atoms with Crippen molar-refractivity contribution in [2.45, 2.75) is 32.3 Å². The van der Waals surface area contributed by atoms with E-state index in [9.17, 15) is 9.59 Å². The van der Waals surface area contributed by atoms with Gasteiger partial charge in [-0.15, -0.1) is 0 Å². The minimum absolute atomic E-state index is 0.0211. The van der Waals surface area contributed by atoms with Gasteiger partial charge < -0.3 is 9.64 Å². The van der Waals surface area contributed by atoms with Crippen LogP contribution in [0, 0.1) is 0 Å². The number of hydrogen-bond donors (Lipinski definition) is 0. The Labute approximate surface area is 154 Å². The van der Waals surface area contributed by atoms with Crippen LogP contribution in [0.4, 0.5) is 0 Å². The fourth-order valence-electron chi connectivity index (χ4n) is 3.19. The van der Waals surface area contributed by atoms with Crippen molar-refractivity contribution in [3.05, 3.63) is 71.3 Å². The molecule has 0 spiro atoms. The maximum Gasteiger partial charge on any atom is 0.223 e. The van der Waals surface area contributed by atoms with Crippen molar-refractivity contribution in [1.82, 2.24) is 4.90 Å². The second kappa shape index (κ2) is 8.77. The molecule has 2 aromatic carbocycles. The number of hydrogen-bond acceptors (Lipinski definition) is 3. The van der Waals surface area contributed by atoms with E-state index < -0.39 is 0 Å². The molecule has 4 heteroatoms. The summed E-state index contributed by atoms with van der Waals surface area (Å²) < 4.78 is 5.80. The summed E-state index contributed by atoms with van der Waals surface area (Å²) in [6.07, 6.45) is 1.35. The molecule has 1 saturated heterocycles. The van der Waals surface area contributed by atoms with Crippen molar-refractivity contribution < 1.29 is 14.3 Å². The van der Waals surface area contributed by atoms with Crippen LogP contribution in [-0.4, -0.2) is 36.3 Å². The van der Waals surface area contributed by atoms with Gasteiger partial charge in [-0.25, -0.2) is 0 Å². The quantitative estimate of drug-likeness (QED) is 0.744. The largest absolute Gasteiger partial charge is 0.370 e. The average molecular weight is 351 g/mol. The highest BCUT2D eigenvalue weighted by Crippen LogP contribution is 2.22. The number of carbonyl (C=O) groups is 2. The Balaban J connectivity index is 1.53. The van der Waals surface area contributed by atoms with E-state index in [1.165, 1.54) is 5.56 Å². The zero-order chi connectivity index (χ0) is 18.4. The monoisotopic (exact) mass is 351 g/mol. The number of morpholine rings is 1. The third-order valence-electron chi connectivity index (χ3n) is 4.84. The van der Waals surface area contributed by atoms with Gasteiger partial charge in [-0.1, -0.05) is 61.5 Å². The fourth-order valence-corrected chi connectivity index (χ4v) is 3.19. The highest BCUT2D eigenvalue weighted by Gasteiger charge is 2.25. The normalized spacial score (nSPS) is 17.1. The minimum Gasteiger partial charge on any atom is -0.370 e. The lowest BCUT2D eigenvalue weighted by Gasteiger charge is -2.33. The molecule has 1 aliphatic rings. The second-order valence-corrected chi connectivity index (χ2v) is 6.58. The first-order valence-electron chi connectivity index (χ1n) is 9.24. The summed E-state index contributed by atoms with van der Waals surface area (Å²) in [5, 5.41) is 0. The molecule has 0 aliphatic carbocycles. The molecule has 1 fully saturated rings. The number of amides is 1. The lowest BCUT2D eigenvalue weighted by Crippen LogP contribution is -2.42. The Hall–Kier alpha value is -2.46. The van der Waals surface area contributed by atoms with Gasteiger partial charge in [-0.05, 0) is 17.5 Å². The molecule has 1 atom stereocenters. The Morgan fingerprint density at radius 3 is 2.46 bits per heavy atom. The number of ketones is 1. The van der Waals surface area contributed by atoms with Crippen LogP contribution in [0.1, 0.15) is 47.4 Å². The third-order valence-corrected chi connectivity index (χ3v) is 4.84. The van der Waals surface area contributed by atoms with Gasteiger partial charge in [0.05, 0.1) is 13.2 Å². The molecule has 136 valence electrons. The average Bonchev–Trinajstić information content (AvgIpc) is 2.72. The van der Waals surface area contributed by atoms with Gasteiger partial charge in [-0.2, -0.15) is 0 Å². The minimum atomic E-state index is -0.0915.